The van der Waals surface area contributed by atoms with Gasteiger partial charge in [-0.25, -0.2) is 4.98 Å². The predicted octanol–water partition coefficient (Wildman–Crippen LogP) is 6.15. The minimum atomic E-state index is -0.147. The molecule has 0 amide bonds. The van der Waals surface area contributed by atoms with Crippen molar-refractivity contribution >= 4 is 16.5 Å². The molecule has 130 valence electrons. The molecule has 0 bridgehead atoms. The maximum atomic E-state index is 11.8. The fourth-order valence-corrected chi connectivity index (χ4v) is 1.50. The van der Waals surface area contributed by atoms with Crippen molar-refractivity contribution in [1.29, 1.82) is 0 Å². The first kappa shape index (κ1) is 23.1. The monoisotopic (exact) mass is 318 g/mol. The molecule has 1 aromatic heterocycles. The van der Waals surface area contributed by atoms with Crippen molar-refractivity contribution < 1.29 is 1.43 Å². The van der Waals surface area contributed by atoms with Crippen molar-refractivity contribution in [3.05, 3.63) is 59.2 Å². The van der Waals surface area contributed by atoms with Gasteiger partial charge in [-0.3, -0.25) is 4.79 Å². The zero-order chi connectivity index (χ0) is 18.4. The van der Waals surface area contributed by atoms with Crippen LogP contribution in [0.3, 0.4) is 0 Å². The highest BCUT2D eigenvalue weighted by Crippen LogP contribution is 2.12. The maximum absolute atomic E-state index is 11.8. The number of aryl methyl sites for hydroxylation is 1. The lowest BCUT2D eigenvalue weighted by Gasteiger charge is -2.02. The van der Waals surface area contributed by atoms with E-state index in [0.29, 0.717) is 22.3 Å². The van der Waals surface area contributed by atoms with E-state index in [1.54, 1.807) is 6.08 Å². The van der Waals surface area contributed by atoms with Crippen LogP contribution in [0.2, 0.25) is 0 Å². The van der Waals surface area contributed by atoms with Crippen molar-refractivity contribution in [3.8, 4) is 0 Å². The summed E-state index contributed by atoms with van der Waals surface area (Å²) in [6, 6.07) is 5.58. The molecule has 2 rings (SSSR count). The zero-order valence-corrected chi connectivity index (χ0v) is 15.8. The third-order valence-corrected chi connectivity index (χ3v) is 2.41. The summed E-state index contributed by atoms with van der Waals surface area (Å²) < 4.78 is 0. The molecule has 2 aromatic rings. The molecule has 0 aliphatic rings. The molecule has 0 aliphatic carbocycles. The first-order valence-corrected chi connectivity index (χ1v) is 8.35. The quantitative estimate of drug-likeness (QED) is 0.675. The Kier molecular flexibility index (Phi) is 13.6. The summed E-state index contributed by atoms with van der Waals surface area (Å²) in [5, 5.41) is 0.598. The summed E-state index contributed by atoms with van der Waals surface area (Å²) in [5.41, 5.74) is 2.17. The number of hydrogen-bond acceptors (Lipinski definition) is 2. The lowest BCUT2D eigenvalue weighted by molar-refractivity contribution is 1.09. The molecule has 0 unspecified atom stereocenters. The van der Waals surface area contributed by atoms with Crippen molar-refractivity contribution in [2.75, 3.05) is 0 Å². The lowest BCUT2D eigenvalue weighted by Crippen LogP contribution is -2.11. The molecular formula is C20H34N2O. The van der Waals surface area contributed by atoms with Gasteiger partial charge >= 0.3 is 0 Å². The van der Waals surface area contributed by atoms with E-state index in [4.69, 9.17) is 0 Å². The van der Waals surface area contributed by atoms with Gasteiger partial charge in [0.25, 0.3) is 5.56 Å². The van der Waals surface area contributed by atoms with E-state index < -0.39 is 0 Å². The number of aromatic nitrogens is 2. The first-order valence-electron chi connectivity index (χ1n) is 8.35. The third kappa shape index (κ3) is 7.59. The highest BCUT2D eigenvalue weighted by Gasteiger charge is 2.04. The third-order valence-electron chi connectivity index (χ3n) is 2.41. The minimum Gasteiger partial charge on any atom is -0.306 e. The summed E-state index contributed by atoms with van der Waals surface area (Å²) in [5.74, 6) is 0.469. The molecule has 0 spiro atoms. The van der Waals surface area contributed by atoms with Crippen LogP contribution in [0.4, 0.5) is 0 Å². The standard InChI is InChI=1S/C13H12N2O.C3H8.2C2H6.H2/c1-4-9(3)12-14-11-6-5-8(2)7-10(11)13(16)15-12;1-3-2;2*1-2;/h4-7H,1,3H2,2H3,(H,14,15,16);3H2,1-2H3;2*1-2H3;1H. The normalized spacial score (nSPS) is 8.48. The van der Waals surface area contributed by atoms with E-state index in [1.165, 1.54) is 6.42 Å². The van der Waals surface area contributed by atoms with Gasteiger partial charge < -0.3 is 4.98 Å². The molecule has 0 aliphatic heterocycles. The molecule has 3 nitrogen and oxygen atoms in total. The van der Waals surface area contributed by atoms with Crippen LogP contribution in [-0.2, 0) is 0 Å². The number of benzene rings is 1. The lowest BCUT2D eigenvalue weighted by atomic mass is 10.1. The van der Waals surface area contributed by atoms with Gasteiger partial charge in [0.05, 0.1) is 10.9 Å². The second kappa shape index (κ2) is 13.5. The van der Waals surface area contributed by atoms with Gasteiger partial charge in [-0.15, -0.1) is 0 Å². The van der Waals surface area contributed by atoms with Crippen LogP contribution in [-0.4, -0.2) is 9.97 Å². The van der Waals surface area contributed by atoms with Crippen LogP contribution in [0, 0.1) is 6.92 Å². The van der Waals surface area contributed by atoms with Crippen LogP contribution >= 0.6 is 0 Å². The Labute approximate surface area is 142 Å². The van der Waals surface area contributed by atoms with Crippen LogP contribution in [0.1, 0.15) is 60.8 Å². The van der Waals surface area contributed by atoms with Crippen molar-refractivity contribution in [3.63, 3.8) is 0 Å². The Balaban J connectivity index is -0.000000485. The number of aromatic amines is 1. The second-order valence-electron chi connectivity index (χ2n) is 4.37. The fraction of sp³-hybridized carbons (Fsp3) is 0.400. The van der Waals surface area contributed by atoms with Gasteiger partial charge in [-0.1, -0.05) is 78.8 Å². The molecule has 1 aromatic carbocycles. The fourth-order valence-electron chi connectivity index (χ4n) is 1.50. The van der Waals surface area contributed by atoms with Crippen molar-refractivity contribution in [2.45, 2.75) is 54.9 Å². The van der Waals surface area contributed by atoms with Gasteiger partial charge in [0, 0.05) is 7.00 Å². The molecule has 1 heterocycles. The first-order chi connectivity index (χ1) is 11.0. The molecular weight excluding hydrogens is 284 g/mol. The average molecular weight is 319 g/mol. The van der Waals surface area contributed by atoms with Crippen LogP contribution in [0.5, 0.6) is 0 Å². The molecule has 0 fully saturated rings. The molecule has 0 radical (unpaired) electrons. The van der Waals surface area contributed by atoms with E-state index in [2.05, 4.69) is 37.0 Å². The van der Waals surface area contributed by atoms with Gasteiger partial charge in [0.15, 0.2) is 0 Å². The number of nitrogens with one attached hydrogen (secondary N) is 1. The van der Waals surface area contributed by atoms with E-state index in [9.17, 15) is 4.79 Å². The van der Waals surface area contributed by atoms with Gasteiger partial charge in [-0.05, 0) is 19.1 Å². The summed E-state index contributed by atoms with van der Waals surface area (Å²) in [4.78, 5) is 18.8. The molecule has 1 N–H and O–H groups in total. The Morgan fingerprint density at radius 1 is 1.26 bits per heavy atom. The van der Waals surface area contributed by atoms with Crippen LogP contribution in [0.25, 0.3) is 16.5 Å². The minimum absolute atomic E-state index is 0. The Hall–Kier alpha value is -2.16. The number of fused-ring (bicyclic) bond motifs is 1. The van der Waals surface area contributed by atoms with Crippen LogP contribution < -0.4 is 5.56 Å². The van der Waals surface area contributed by atoms with Crippen LogP contribution in [0.15, 0.2) is 42.2 Å². The van der Waals surface area contributed by atoms with Crippen molar-refractivity contribution in [2.24, 2.45) is 0 Å². The maximum Gasteiger partial charge on any atom is 0.259 e. The summed E-state index contributed by atoms with van der Waals surface area (Å²) in [6.45, 7) is 21.5. The zero-order valence-electron chi connectivity index (χ0n) is 15.8. The highest BCUT2D eigenvalue weighted by molar-refractivity contribution is 5.80. The second-order valence-corrected chi connectivity index (χ2v) is 4.37. The molecule has 0 atom stereocenters. The van der Waals surface area contributed by atoms with Crippen molar-refractivity contribution in [1.82, 2.24) is 9.97 Å². The SMILES string of the molecule is C=CC(=C)c1nc2ccc(C)cc2c(=O)[nH]1.CC.CC.CCC.[HH]. The number of H-pyrrole nitrogens is 1. The van der Waals surface area contributed by atoms with E-state index in [1.807, 2.05) is 52.8 Å². The molecule has 23 heavy (non-hydrogen) atoms. The van der Waals surface area contributed by atoms with E-state index in [-0.39, 0.29) is 6.99 Å². The Bertz CT molecular complexity index is 660. The van der Waals surface area contributed by atoms with E-state index in [0.717, 1.165) is 5.56 Å². The largest absolute Gasteiger partial charge is 0.306 e. The molecule has 3 heteroatoms. The predicted molar refractivity (Wildman–Crippen MR) is 107 cm³/mol. The number of allylic oxidation sites excluding steroid dienone is 2. The van der Waals surface area contributed by atoms with Gasteiger partial charge in [0.2, 0.25) is 0 Å². The highest BCUT2D eigenvalue weighted by atomic mass is 16.1. The summed E-state index contributed by atoms with van der Waals surface area (Å²) in [6.07, 6.45) is 2.82. The number of rotatable bonds is 2. The Morgan fingerprint density at radius 2 is 1.78 bits per heavy atom. The average Bonchev–Trinajstić information content (AvgIpc) is 2.59. The van der Waals surface area contributed by atoms with Gasteiger partial charge in [-0.2, -0.15) is 0 Å². The topological polar surface area (TPSA) is 45.8 Å². The van der Waals surface area contributed by atoms with E-state index >= 15 is 0 Å². The smallest absolute Gasteiger partial charge is 0.259 e. The van der Waals surface area contributed by atoms with Gasteiger partial charge in [0.1, 0.15) is 5.82 Å². The molecule has 0 saturated carbocycles. The summed E-state index contributed by atoms with van der Waals surface area (Å²) >= 11 is 0. The Morgan fingerprint density at radius 3 is 2.26 bits per heavy atom. The number of hydrogen-bond donors (Lipinski definition) is 1. The summed E-state index contributed by atoms with van der Waals surface area (Å²) in [7, 11) is 0. The number of nitrogens with zero attached hydrogens (tertiary/aromatic N) is 1. The molecule has 0 saturated heterocycles.